The SMILES string of the molecule is CCc1c[n+]2cc3cc(C)ccc3cc2n1C.CCc1c[n+]2cc3ccc(C)cc3cc2n1C.CCc1c[n+]2cc3cccc(C)c3cc2n1C.CCc1c[n+]2ccc3c(C)cccc3c2n1C.CCc1c[n+]2ccc3cc(C)ccc3c2n1C. The third-order valence-corrected chi connectivity index (χ3v) is 17.7. The number of rotatable bonds is 5. The summed E-state index contributed by atoms with van der Waals surface area (Å²) in [5, 5.41) is 13.2. The molecule has 0 atom stereocenters. The first-order chi connectivity index (χ1) is 41.0. The van der Waals surface area contributed by atoms with Crippen molar-refractivity contribution in [2.75, 3.05) is 0 Å². The molecule has 0 bridgehead atoms. The van der Waals surface area contributed by atoms with Crippen LogP contribution in [-0.4, -0.2) is 22.8 Å². The summed E-state index contributed by atoms with van der Waals surface area (Å²) < 4.78 is 22.5. The fourth-order valence-corrected chi connectivity index (χ4v) is 12.6. The molecule has 85 heavy (non-hydrogen) atoms. The normalized spacial score (nSPS) is 11.5. The number of aromatic nitrogens is 10. The Morgan fingerprint density at radius 3 is 1.26 bits per heavy atom. The van der Waals surface area contributed by atoms with Gasteiger partial charge in [0.25, 0.3) is 28.2 Å². The summed E-state index contributed by atoms with van der Waals surface area (Å²) >= 11 is 0. The molecule has 5 aromatic carbocycles. The van der Waals surface area contributed by atoms with Gasteiger partial charge in [0.05, 0.1) is 58.4 Å². The smallest absolute Gasteiger partial charge is 0.230 e. The molecule has 0 saturated carbocycles. The summed E-state index contributed by atoms with van der Waals surface area (Å²) in [4.78, 5) is 0. The molecule has 10 heterocycles. The van der Waals surface area contributed by atoms with Crippen LogP contribution < -0.4 is 22.0 Å². The fraction of sp³-hybridized carbons (Fsp3) is 0.267. The van der Waals surface area contributed by atoms with Gasteiger partial charge in [0.1, 0.15) is 78.0 Å². The molecule has 10 aromatic heterocycles. The second kappa shape index (κ2) is 23.8. The predicted molar refractivity (Wildman–Crippen MR) is 351 cm³/mol. The molecule has 10 heteroatoms. The summed E-state index contributed by atoms with van der Waals surface area (Å²) in [5.74, 6) is 0. The van der Waals surface area contributed by atoms with Crippen molar-refractivity contribution in [1.82, 2.24) is 22.8 Å². The largest absolute Gasteiger partial charge is 0.294 e. The van der Waals surface area contributed by atoms with Gasteiger partial charge in [0.15, 0.2) is 0 Å². The molecule has 0 aliphatic rings. The molecule has 0 spiro atoms. The summed E-state index contributed by atoms with van der Waals surface area (Å²) in [6.45, 7) is 21.7. The van der Waals surface area contributed by atoms with Crippen molar-refractivity contribution >= 4 is 82.1 Å². The highest BCUT2D eigenvalue weighted by Gasteiger charge is 2.20. The van der Waals surface area contributed by atoms with E-state index in [0.717, 1.165) is 32.1 Å². The van der Waals surface area contributed by atoms with E-state index in [2.05, 4.69) is 333 Å². The van der Waals surface area contributed by atoms with Crippen LogP contribution in [0.3, 0.4) is 0 Å². The van der Waals surface area contributed by atoms with Gasteiger partial charge in [-0.3, -0.25) is 0 Å². The average molecular weight is 1130 g/mol. The Bertz CT molecular complexity index is 4960. The highest BCUT2D eigenvalue weighted by Crippen LogP contribution is 2.24. The molecule has 15 rings (SSSR count). The number of aryl methyl sites for hydroxylation is 15. The van der Waals surface area contributed by atoms with E-state index < -0.39 is 0 Å². The van der Waals surface area contributed by atoms with E-state index >= 15 is 0 Å². The van der Waals surface area contributed by atoms with E-state index in [1.165, 1.54) is 138 Å². The number of pyridine rings is 5. The minimum atomic E-state index is 1.06. The fourth-order valence-electron chi connectivity index (χ4n) is 12.6. The van der Waals surface area contributed by atoms with Crippen molar-refractivity contribution in [2.45, 2.75) is 101 Å². The molecule has 0 N–H and O–H groups in total. The molecule has 430 valence electrons. The zero-order valence-electron chi connectivity index (χ0n) is 52.8. The summed E-state index contributed by atoms with van der Waals surface area (Å²) in [6.07, 6.45) is 27.4. The molecular weight excluding hydrogens is 1040 g/mol. The first-order valence-corrected chi connectivity index (χ1v) is 30.5. The number of nitrogens with zero attached hydrogens (tertiary/aromatic N) is 10. The minimum Gasteiger partial charge on any atom is -0.230 e. The lowest BCUT2D eigenvalue weighted by molar-refractivity contribution is -0.509. The Morgan fingerprint density at radius 1 is 0.282 bits per heavy atom. The maximum Gasteiger partial charge on any atom is 0.294 e. The van der Waals surface area contributed by atoms with Crippen LogP contribution in [0, 0.1) is 34.6 Å². The van der Waals surface area contributed by atoms with Gasteiger partial charge in [-0.1, -0.05) is 124 Å². The Labute approximate surface area is 500 Å². The predicted octanol–water partition coefficient (Wildman–Crippen LogP) is 13.9. The third kappa shape index (κ3) is 11.0. The van der Waals surface area contributed by atoms with Crippen molar-refractivity contribution in [2.24, 2.45) is 35.2 Å². The molecule has 0 radical (unpaired) electrons. The Hall–Kier alpha value is -9.15. The minimum absolute atomic E-state index is 1.06. The van der Waals surface area contributed by atoms with Crippen LogP contribution in [0.25, 0.3) is 82.1 Å². The van der Waals surface area contributed by atoms with Crippen molar-refractivity contribution in [3.8, 4) is 0 Å². The van der Waals surface area contributed by atoms with Gasteiger partial charge in [0.2, 0.25) is 0 Å². The van der Waals surface area contributed by atoms with E-state index in [-0.39, 0.29) is 0 Å². The third-order valence-electron chi connectivity index (χ3n) is 17.7. The molecule has 10 nitrogen and oxygen atoms in total. The van der Waals surface area contributed by atoms with Crippen LogP contribution in [0.2, 0.25) is 0 Å². The molecule has 0 saturated heterocycles. The lowest BCUT2D eigenvalue weighted by Crippen LogP contribution is -2.18. The van der Waals surface area contributed by atoms with E-state index in [9.17, 15) is 0 Å². The van der Waals surface area contributed by atoms with Gasteiger partial charge in [0, 0.05) is 66.5 Å². The number of hydrogen-bond acceptors (Lipinski definition) is 0. The van der Waals surface area contributed by atoms with Crippen LogP contribution in [0.4, 0.5) is 0 Å². The molecule has 0 amide bonds. The summed E-state index contributed by atoms with van der Waals surface area (Å²) in [7, 11) is 10.7. The molecular formula is C75H85N10+5. The second-order valence-electron chi connectivity index (χ2n) is 23.3. The maximum absolute atomic E-state index is 2.29. The number of fused-ring (bicyclic) bond motifs is 12. The maximum atomic E-state index is 2.29. The summed E-state index contributed by atoms with van der Waals surface area (Å²) in [5.41, 5.74) is 19.7. The van der Waals surface area contributed by atoms with Crippen molar-refractivity contribution < 1.29 is 22.0 Å². The van der Waals surface area contributed by atoms with Crippen molar-refractivity contribution in [3.05, 3.63) is 240 Å². The van der Waals surface area contributed by atoms with Crippen LogP contribution in [0.5, 0.6) is 0 Å². The second-order valence-corrected chi connectivity index (χ2v) is 23.3. The van der Waals surface area contributed by atoms with Gasteiger partial charge in [-0.25, -0.2) is 44.8 Å². The van der Waals surface area contributed by atoms with Gasteiger partial charge in [-0.05, 0) is 103 Å². The first-order valence-electron chi connectivity index (χ1n) is 30.5. The molecule has 0 fully saturated rings. The summed E-state index contributed by atoms with van der Waals surface area (Å²) in [6, 6.07) is 44.0. The van der Waals surface area contributed by atoms with Crippen molar-refractivity contribution in [1.29, 1.82) is 0 Å². The lowest BCUT2D eigenvalue weighted by atomic mass is 10.1. The van der Waals surface area contributed by atoms with Crippen LogP contribution in [0.15, 0.2) is 183 Å². The zero-order valence-corrected chi connectivity index (χ0v) is 52.8. The first kappa shape index (κ1) is 57.7. The topological polar surface area (TPSA) is 45.1 Å². The number of imidazole rings is 5. The average Bonchev–Trinajstić information content (AvgIpc) is 4.44. The van der Waals surface area contributed by atoms with Crippen molar-refractivity contribution in [3.63, 3.8) is 0 Å². The number of hydrogen-bond donors (Lipinski definition) is 0. The Balaban J connectivity index is 0.000000111. The number of benzene rings is 5. The van der Waals surface area contributed by atoms with Crippen LogP contribution >= 0.6 is 0 Å². The molecule has 0 aliphatic heterocycles. The van der Waals surface area contributed by atoms with Gasteiger partial charge >= 0.3 is 0 Å². The van der Waals surface area contributed by atoms with Crippen LogP contribution in [-0.2, 0) is 67.3 Å². The monoisotopic (exact) mass is 1130 g/mol. The molecule has 15 aromatic rings. The van der Waals surface area contributed by atoms with E-state index in [0.29, 0.717) is 0 Å². The van der Waals surface area contributed by atoms with E-state index in [1.807, 2.05) is 0 Å². The quantitative estimate of drug-likeness (QED) is 0.154. The van der Waals surface area contributed by atoms with Gasteiger partial charge in [-0.2, -0.15) is 0 Å². The van der Waals surface area contributed by atoms with Crippen LogP contribution in [0.1, 0.15) is 90.9 Å². The highest BCUT2D eigenvalue weighted by molar-refractivity contribution is 5.95. The van der Waals surface area contributed by atoms with E-state index in [4.69, 9.17) is 0 Å². The molecule has 0 unspecified atom stereocenters. The lowest BCUT2D eigenvalue weighted by Gasteiger charge is -2.01. The van der Waals surface area contributed by atoms with Gasteiger partial charge < -0.3 is 0 Å². The highest BCUT2D eigenvalue weighted by atomic mass is 15.1. The molecule has 0 aliphatic carbocycles. The van der Waals surface area contributed by atoms with E-state index in [1.54, 1.807) is 0 Å². The zero-order chi connectivity index (χ0) is 60.0. The standard InChI is InChI=1S/5C15H17N2/c1-4-14-10-17-9-12-6-5-11(2)7-13(12)8-15(17)16(14)3;1-4-14-10-17-9-13-7-11(2)5-6-12(13)8-15(17)16(14)3;1-4-13-10-17-8-7-12-9-11(2)5-6-14(12)15(17)16(13)3;1-4-13-10-17-9-12-7-5-6-11(2)14(12)8-15(17)16(13)3;1-4-12-10-17-9-8-13-11(2)6-5-7-14(13)15(17)16(12)3/h5*5-10H,4H2,1-3H3/q5*+1. The Kier molecular flexibility index (Phi) is 16.2. The van der Waals surface area contributed by atoms with Gasteiger partial charge in [-0.15, -0.1) is 0 Å². The Morgan fingerprint density at radius 2 is 0.694 bits per heavy atom.